The molecule has 1 aromatic heterocycles. The fourth-order valence-electron chi connectivity index (χ4n) is 5.44. The fraction of sp³-hybridized carbons (Fsp3) is 0.818. The first-order chi connectivity index (χ1) is 14.1. The quantitative estimate of drug-likeness (QED) is 0.761. The molecule has 2 atom stereocenters. The normalized spacial score (nSPS) is 25.4. The third-order valence-corrected chi connectivity index (χ3v) is 7.13. The Morgan fingerprint density at radius 2 is 1.90 bits per heavy atom. The minimum absolute atomic E-state index is 0.147. The SMILES string of the molecule is CCC(CC)N1CC(C(=O)N2CCCC(c3nnc4n3CCCCC4)C2)CC1=O. The number of hydrogen-bond acceptors (Lipinski definition) is 4. The molecular weight excluding hydrogens is 366 g/mol. The number of aryl methyl sites for hydroxylation is 1. The lowest BCUT2D eigenvalue weighted by Crippen LogP contribution is -2.44. The second-order valence-electron chi connectivity index (χ2n) is 8.98. The molecule has 4 rings (SSSR count). The predicted molar refractivity (Wildman–Crippen MR) is 110 cm³/mol. The highest BCUT2D eigenvalue weighted by Gasteiger charge is 2.40. The van der Waals surface area contributed by atoms with Gasteiger partial charge >= 0.3 is 0 Å². The molecule has 0 bridgehead atoms. The van der Waals surface area contributed by atoms with Crippen LogP contribution in [0.25, 0.3) is 0 Å². The van der Waals surface area contributed by atoms with Crippen molar-refractivity contribution in [3.05, 3.63) is 11.6 Å². The first-order valence-electron chi connectivity index (χ1n) is 11.6. The molecule has 1 aromatic rings. The van der Waals surface area contributed by atoms with E-state index in [-0.39, 0.29) is 29.7 Å². The van der Waals surface area contributed by atoms with Gasteiger partial charge in [0, 0.05) is 51.0 Å². The molecule has 3 aliphatic rings. The van der Waals surface area contributed by atoms with Gasteiger partial charge < -0.3 is 14.4 Å². The van der Waals surface area contributed by atoms with Crippen molar-refractivity contribution in [1.29, 1.82) is 0 Å². The van der Waals surface area contributed by atoms with Crippen LogP contribution in [0.1, 0.15) is 82.8 Å². The van der Waals surface area contributed by atoms with Crippen LogP contribution in [-0.2, 0) is 22.6 Å². The molecule has 0 aliphatic carbocycles. The molecule has 0 saturated carbocycles. The van der Waals surface area contributed by atoms with Gasteiger partial charge in [-0.1, -0.05) is 20.3 Å². The van der Waals surface area contributed by atoms with Crippen molar-refractivity contribution in [2.45, 2.75) is 90.1 Å². The second kappa shape index (κ2) is 8.84. The van der Waals surface area contributed by atoms with Crippen LogP contribution in [0.5, 0.6) is 0 Å². The topological polar surface area (TPSA) is 71.3 Å². The van der Waals surface area contributed by atoms with E-state index in [0.717, 1.165) is 56.8 Å². The van der Waals surface area contributed by atoms with Crippen LogP contribution >= 0.6 is 0 Å². The van der Waals surface area contributed by atoms with Crippen LogP contribution in [0.2, 0.25) is 0 Å². The zero-order valence-electron chi connectivity index (χ0n) is 18.0. The first kappa shape index (κ1) is 20.4. The highest BCUT2D eigenvalue weighted by Crippen LogP contribution is 2.31. The minimum atomic E-state index is -0.183. The van der Waals surface area contributed by atoms with E-state index in [0.29, 0.717) is 19.5 Å². The number of carbonyl (C=O) groups excluding carboxylic acids is 2. The van der Waals surface area contributed by atoms with E-state index in [1.807, 2.05) is 9.80 Å². The van der Waals surface area contributed by atoms with Crippen molar-refractivity contribution in [2.75, 3.05) is 19.6 Å². The Morgan fingerprint density at radius 1 is 1.07 bits per heavy atom. The largest absolute Gasteiger partial charge is 0.342 e. The lowest BCUT2D eigenvalue weighted by molar-refractivity contribution is -0.137. The first-order valence-corrected chi connectivity index (χ1v) is 11.6. The van der Waals surface area contributed by atoms with Crippen molar-refractivity contribution in [3.8, 4) is 0 Å². The number of rotatable bonds is 5. The third-order valence-electron chi connectivity index (χ3n) is 7.13. The average Bonchev–Trinajstić information content (AvgIpc) is 3.24. The summed E-state index contributed by atoms with van der Waals surface area (Å²) in [4.78, 5) is 29.7. The molecule has 7 nitrogen and oxygen atoms in total. The lowest BCUT2D eigenvalue weighted by Gasteiger charge is -2.34. The Hall–Kier alpha value is -1.92. The van der Waals surface area contributed by atoms with Gasteiger partial charge in [0.2, 0.25) is 11.8 Å². The molecule has 0 spiro atoms. The van der Waals surface area contributed by atoms with Crippen LogP contribution < -0.4 is 0 Å². The summed E-state index contributed by atoms with van der Waals surface area (Å²) in [7, 11) is 0. The van der Waals surface area contributed by atoms with Gasteiger partial charge in [-0.25, -0.2) is 0 Å². The molecule has 2 unspecified atom stereocenters. The van der Waals surface area contributed by atoms with Crippen LogP contribution in [-0.4, -0.2) is 62.1 Å². The highest BCUT2D eigenvalue weighted by molar-refractivity contribution is 5.89. The standard InChI is InChI=1S/C22H35N5O2/c1-3-18(4-2)27-15-17(13-20(27)28)22(29)25-11-8-9-16(14-25)21-24-23-19-10-6-5-7-12-26(19)21/h16-18H,3-15H2,1-2H3. The Morgan fingerprint density at radius 3 is 2.69 bits per heavy atom. The monoisotopic (exact) mass is 401 g/mol. The predicted octanol–water partition coefficient (Wildman–Crippen LogP) is 2.75. The molecule has 29 heavy (non-hydrogen) atoms. The summed E-state index contributed by atoms with van der Waals surface area (Å²) in [6.45, 7) is 7.34. The minimum Gasteiger partial charge on any atom is -0.342 e. The van der Waals surface area contributed by atoms with Crippen molar-refractivity contribution >= 4 is 11.8 Å². The number of piperidine rings is 1. The van der Waals surface area contributed by atoms with Crippen molar-refractivity contribution in [3.63, 3.8) is 0 Å². The molecule has 0 N–H and O–H groups in total. The number of aromatic nitrogens is 3. The maximum atomic E-state index is 13.3. The smallest absolute Gasteiger partial charge is 0.228 e. The van der Waals surface area contributed by atoms with Gasteiger partial charge in [0.15, 0.2) is 0 Å². The average molecular weight is 402 g/mol. The van der Waals surface area contributed by atoms with Gasteiger partial charge in [-0.3, -0.25) is 9.59 Å². The number of likely N-dealkylation sites (tertiary alicyclic amines) is 2. The zero-order chi connectivity index (χ0) is 20.4. The van der Waals surface area contributed by atoms with Gasteiger partial charge in [0.05, 0.1) is 5.92 Å². The molecule has 160 valence electrons. The molecule has 3 aliphatic heterocycles. The molecule has 7 heteroatoms. The number of hydrogen-bond donors (Lipinski definition) is 0. The van der Waals surface area contributed by atoms with Gasteiger partial charge in [0.25, 0.3) is 0 Å². The Balaban J connectivity index is 1.43. The van der Waals surface area contributed by atoms with Gasteiger partial charge in [-0.15, -0.1) is 10.2 Å². The van der Waals surface area contributed by atoms with Crippen LogP contribution in [0.3, 0.4) is 0 Å². The summed E-state index contributed by atoms with van der Waals surface area (Å²) < 4.78 is 2.32. The van der Waals surface area contributed by atoms with Crippen molar-refractivity contribution < 1.29 is 9.59 Å². The highest BCUT2D eigenvalue weighted by atomic mass is 16.2. The maximum Gasteiger partial charge on any atom is 0.228 e. The van der Waals surface area contributed by atoms with Crippen LogP contribution in [0, 0.1) is 5.92 Å². The Bertz CT molecular complexity index is 742. The Labute approximate surface area is 173 Å². The van der Waals surface area contributed by atoms with Crippen molar-refractivity contribution in [2.24, 2.45) is 5.92 Å². The van der Waals surface area contributed by atoms with E-state index >= 15 is 0 Å². The Kier molecular flexibility index (Phi) is 6.20. The summed E-state index contributed by atoms with van der Waals surface area (Å²) in [6, 6.07) is 0.265. The van der Waals surface area contributed by atoms with E-state index in [4.69, 9.17) is 0 Å². The molecule has 2 saturated heterocycles. The molecular formula is C22H35N5O2. The number of nitrogens with zero attached hydrogens (tertiary/aromatic N) is 5. The molecule has 2 fully saturated rings. The number of fused-ring (bicyclic) bond motifs is 1. The lowest BCUT2D eigenvalue weighted by atomic mass is 9.95. The summed E-state index contributed by atoms with van der Waals surface area (Å²) in [6.07, 6.45) is 8.97. The fourth-order valence-corrected chi connectivity index (χ4v) is 5.44. The molecule has 0 aromatic carbocycles. The van der Waals surface area contributed by atoms with Gasteiger partial charge in [-0.2, -0.15) is 0 Å². The van der Waals surface area contributed by atoms with E-state index in [1.54, 1.807) is 0 Å². The summed E-state index contributed by atoms with van der Waals surface area (Å²) in [5, 5.41) is 8.99. The van der Waals surface area contributed by atoms with E-state index < -0.39 is 0 Å². The van der Waals surface area contributed by atoms with E-state index in [2.05, 4.69) is 28.6 Å². The summed E-state index contributed by atoms with van der Waals surface area (Å²) >= 11 is 0. The van der Waals surface area contributed by atoms with Crippen LogP contribution in [0.15, 0.2) is 0 Å². The van der Waals surface area contributed by atoms with Crippen molar-refractivity contribution in [1.82, 2.24) is 24.6 Å². The third kappa shape index (κ3) is 4.05. The summed E-state index contributed by atoms with van der Waals surface area (Å²) in [5.74, 6) is 2.57. The summed E-state index contributed by atoms with van der Waals surface area (Å²) in [5.41, 5.74) is 0. The molecule has 4 heterocycles. The van der Waals surface area contributed by atoms with E-state index in [1.165, 1.54) is 19.3 Å². The van der Waals surface area contributed by atoms with Gasteiger partial charge in [0.1, 0.15) is 11.6 Å². The number of carbonyl (C=O) groups is 2. The van der Waals surface area contributed by atoms with E-state index in [9.17, 15) is 9.59 Å². The van der Waals surface area contributed by atoms with Gasteiger partial charge in [-0.05, 0) is 38.5 Å². The number of amides is 2. The maximum absolute atomic E-state index is 13.3. The second-order valence-corrected chi connectivity index (χ2v) is 8.98. The zero-order valence-corrected chi connectivity index (χ0v) is 18.0. The molecule has 2 amide bonds. The molecule has 0 radical (unpaired) electrons. The van der Waals surface area contributed by atoms with Crippen LogP contribution in [0.4, 0.5) is 0 Å².